The van der Waals surface area contributed by atoms with E-state index in [9.17, 15) is 13.2 Å². The summed E-state index contributed by atoms with van der Waals surface area (Å²) in [4.78, 5) is 6.17. The van der Waals surface area contributed by atoms with Crippen LogP contribution in [0.3, 0.4) is 0 Å². The number of fused-ring (bicyclic) bond motifs is 1. The zero-order valence-corrected chi connectivity index (χ0v) is 12.4. The molecular formula is C12H14BrF3N4. The van der Waals surface area contributed by atoms with Crippen LogP contribution in [-0.2, 0) is 6.18 Å². The Morgan fingerprint density at radius 3 is 2.70 bits per heavy atom. The summed E-state index contributed by atoms with van der Waals surface area (Å²) in [7, 11) is 0. The third-order valence-corrected chi connectivity index (χ3v) is 3.16. The van der Waals surface area contributed by atoms with Crippen LogP contribution in [-0.4, -0.2) is 33.0 Å². The number of alkyl halides is 4. The van der Waals surface area contributed by atoms with E-state index in [1.54, 1.807) is 0 Å². The Hall–Kier alpha value is -1.31. The zero-order chi connectivity index (χ0) is 14.8. The van der Waals surface area contributed by atoms with Gasteiger partial charge in [0.05, 0.1) is 0 Å². The van der Waals surface area contributed by atoms with Gasteiger partial charge in [-0.1, -0.05) is 22.9 Å². The highest BCUT2D eigenvalue weighted by Gasteiger charge is 2.34. The van der Waals surface area contributed by atoms with Gasteiger partial charge in [0.2, 0.25) is 0 Å². The fraction of sp³-hybridized carbons (Fsp3) is 0.500. The molecule has 0 fully saturated rings. The number of halogens is 4. The first-order chi connectivity index (χ1) is 9.47. The van der Waals surface area contributed by atoms with Crippen molar-refractivity contribution in [3.63, 3.8) is 0 Å². The van der Waals surface area contributed by atoms with Crippen molar-refractivity contribution in [3.8, 4) is 0 Å². The molecule has 0 amide bonds. The Labute approximate surface area is 122 Å². The van der Waals surface area contributed by atoms with Crippen molar-refractivity contribution in [1.29, 1.82) is 0 Å². The van der Waals surface area contributed by atoms with Gasteiger partial charge in [-0.2, -0.15) is 18.3 Å². The molecule has 0 spiro atoms. The van der Waals surface area contributed by atoms with E-state index < -0.39 is 11.9 Å². The molecule has 110 valence electrons. The molecule has 20 heavy (non-hydrogen) atoms. The van der Waals surface area contributed by atoms with Gasteiger partial charge >= 0.3 is 6.18 Å². The minimum absolute atomic E-state index is 0.370. The highest BCUT2D eigenvalue weighted by atomic mass is 79.9. The third-order valence-electron chi connectivity index (χ3n) is 2.81. The van der Waals surface area contributed by atoms with Crippen LogP contribution in [0, 0.1) is 0 Å². The summed E-state index contributed by atoms with van der Waals surface area (Å²) in [6.45, 7) is 3.41. The lowest BCUT2D eigenvalue weighted by Gasteiger charge is -2.22. The minimum atomic E-state index is -4.45. The molecule has 2 rings (SSSR count). The molecule has 0 saturated heterocycles. The van der Waals surface area contributed by atoms with Gasteiger partial charge in [-0.3, -0.25) is 0 Å². The van der Waals surface area contributed by atoms with Crippen molar-refractivity contribution in [3.05, 3.63) is 24.2 Å². The van der Waals surface area contributed by atoms with E-state index >= 15 is 0 Å². The maximum Gasteiger partial charge on any atom is 0.435 e. The van der Waals surface area contributed by atoms with Gasteiger partial charge in [0.1, 0.15) is 5.52 Å². The lowest BCUT2D eigenvalue weighted by molar-refractivity contribution is -0.141. The normalized spacial score (nSPS) is 12.1. The molecule has 0 N–H and O–H groups in total. The fourth-order valence-electron chi connectivity index (χ4n) is 1.99. The Morgan fingerprint density at radius 2 is 2.10 bits per heavy atom. The van der Waals surface area contributed by atoms with E-state index in [4.69, 9.17) is 0 Å². The van der Waals surface area contributed by atoms with Crippen molar-refractivity contribution in [2.45, 2.75) is 19.5 Å². The predicted octanol–water partition coefficient (Wildman–Crippen LogP) is 3.36. The largest absolute Gasteiger partial charge is 0.435 e. The monoisotopic (exact) mass is 350 g/mol. The highest BCUT2D eigenvalue weighted by molar-refractivity contribution is 9.09. The molecule has 0 atom stereocenters. The SMILES string of the molecule is CCCN(CCBr)c1nccn2nc(C(F)(F)F)cc12. The first-order valence-electron chi connectivity index (χ1n) is 6.20. The van der Waals surface area contributed by atoms with Crippen LogP contribution in [0.15, 0.2) is 18.5 Å². The second-order valence-corrected chi connectivity index (χ2v) is 5.08. The van der Waals surface area contributed by atoms with Crippen molar-refractivity contribution >= 4 is 27.3 Å². The molecule has 8 heteroatoms. The van der Waals surface area contributed by atoms with E-state index in [0.717, 1.165) is 24.4 Å². The number of aromatic nitrogens is 3. The molecule has 0 radical (unpaired) electrons. The van der Waals surface area contributed by atoms with Crippen LogP contribution in [0.1, 0.15) is 19.0 Å². The quantitative estimate of drug-likeness (QED) is 0.775. The Balaban J connectivity index is 2.50. The number of rotatable bonds is 5. The van der Waals surface area contributed by atoms with Gasteiger partial charge in [-0.15, -0.1) is 0 Å². The first kappa shape index (κ1) is 15.1. The van der Waals surface area contributed by atoms with Crippen molar-refractivity contribution in [1.82, 2.24) is 14.6 Å². The second kappa shape index (κ2) is 5.99. The molecule has 0 unspecified atom stereocenters. The van der Waals surface area contributed by atoms with E-state index in [1.165, 1.54) is 16.9 Å². The standard InChI is InChI=1S/C12H14BrF3N4/c1-2-5-19(6-3-13)11-9-8-10(12(14,15)16)18-20(9)7-4-17-11/h4,7-8H,2-3,5-6H2,1H3. The average Bonchev–Trinajstić information content (AvgIpc) is 2.82. The molecule has 0 bridgehead atoms. The highest BCUT2D eigenvalue weighted by Crippen LogP contribution is 2.30. The van der Waals surface area contributed by atoms with Crippen LogP contribution < -0.4 is 4.90 Å². The summed E-state index contributed by atoms with van der Waals surface area (Å²) < 4.78 is 39.4. The second-order valence-electron chi connectivity index (χ2n) is 4.28. The third kappa shape index (κ3) is 3.05. The molecule has 0 aromatic carbocycles. The van der Waals surface area contributed by atoms with Crippen LogP contribution in [0.5, 0.6) is 0 Å². The summed E-state index contributed by atoms with van der Waals surface area (Å²) >= 11 is 3.35. The summed E-state index contributed by atoms with van der Waals surface area (Å²) in [6.07, 6.45) is -0.678. The summed E-state index contributed by atoms with van der Waals surface area (Å²) in [5, 5.41) is 4.28. The minimum Gasteiger partial charge on any atom is -0.354 e. The van der Waals surface area contributed by atoms with Crippen molar-refractivity contribution in [2.75, 3.05) is 23.3 Å². The summed E-state index contributed by atoms with van der Waals surface area (Å²) in [6, 6.07) is 1.04. The average molecular weight is 351 g/mol. The molecule has 2 aromatic rings. The van der Waals surface area contributed by atoms with Gasteiger partial charge in [0.25, 0.3) is 0 Å². The van der Waals surface area contributed by atoms with Crippen LogP contribution >= 0.6 is 15.9 Å². The van der Waals surface area contributed by atoms with Gasteiger partial charge in [-0.25, -0.2) is 9.50 Å². The summed E-state index contributed by atoms with van der Waals surface area (Å²) in [5.74, 6) is 0.525. The maximum atomic E-state index is 12.7. The smallest absolute Gasteiger partial charge is 0.354 e. The molecular weight excluding hydrogens is 337 g/mol. The van der Waals surface area contributed by atoms with Crippen LogP contribution in [0.25, 0.3) is 5.52 Å². The van der Waals surface area contributed by atoms with Crippen molar-refractivity contribution < 1.29 is 13.2 Å². The molecule has 0 aliphatic carbocycles. The topological polar surface area (TPSA) is 33.4 Å². The Kier molecular flexibility index (Phi) is 4.52. The van der Waals surface area contributed by atoms with E-state index in [2.05, 4.69) is 26.0 Å². The molecule has 2 heterocycles. The molecule has 0 aliphatic rings. The van der Waals surface area contributed by atoms with E-state index in [1.807, 2.05) is 11.8 Å². The predicted molar refractivity (Wildman–Crippen MR) is 74.3 cm³/mol. The van der Waals surface area contributed by atoms with E-state index in [0.29, 0.717) is 17.9 Å². The van der Waals surface area contributed by atoms with Crippen LogP contribution in [0.4, 0.5) is 19.0 Å². The number of anilines is 1. The van der Waals surface area contributed by atoms with Gasteiger partial charge in [0.15, 0.2) is 11.5 Å². The molecule has 0 saturated carbocycles. The lowest BCUT2D eigenvalue weighted by atomic mass is 10.3. The molecule has 0 aliphatic heterocycles. The molecule has 2 aromatic heterocycles. The van der Waals surface area contributed by atoms with Gasteiger partial charge in [-0.05, 0) is 6.42 Å². The molecule has 4 nitrogen and oxygen atoms in total. The number of nitrogens with zero attached hydrogens (tertiary/aromatic N) is 4. The Bertz CT molecular complexity index is 576. The van der Waals surface area contributed by atoms with E-state index in [-0.39, 0.29) is 0 Å². The summed E-state index contributed by atoms with van der Waals surface area (Å²) in [5.41, 5.74) is -0.531. The number of hydrogen-bond donors (Lipinski definition) is 0. The van der Waals surface area contributed by atoms with Gasteiger partial charge < -0.3 is 4.90 Å². The number of hydrogen-bond acceptors (Lipinski definition) is 3. The maximum absolute atomic E-state index is 12.7. The zero-order valence-electron chi connectivity index (χ0n) is 10.9. The Morgan fingerprint density at radius 1 is 1.35 bits per heavy atom. The lowest BCUT2D eigenvalue weighted by Crippen LogP contribution is -2.27. The van der Waals surface area contributed by atoms with Crippen molar-refractivity contribution in [2.24, 2.45) is 0 Å². The van der Waals surface area contributed by atoms with Crippen LogP contribution in [0.2, 0.25) is 0 Å². The first-order valence-corrected chi connectivity index (χ1v) is 7.32. The van der Waals surface area contributed by atoms with Gasteiger partial charge in [0, 0.05) is 36.9 Å². The fourth-order valence-corrected chi connectivity index (χ4v) is 2.41.